The molecule has 3 rings (SSSR count). The Morgan fingerprint density at radius 1 is 1.31 bits per heavy atom. The van der Waals surface area contributed by atoms with Gasteiger partial charge < -0.3 is 0 Å². The fraction of sp³-hybridized carbons (Fsp3) is 0.385. The number of hydrogen-bond donors (Lipinski definition) is 1. The number of hydrogen-bond acceptors (Lipinski definition) is 2. The molecule has 0 radical (unpaired) electrons. The number of aryl methyl sites for hydroxylation is 1. The molecule has 3 nitrogen and oxygen atoms in total. The number of fused-ring (bicyclic) bond motifs is 1. The largest absolute Gasteiger partial charge is 0.273 e. The van der Waals surface area contributed by atoms with Crippen LogP contribution in [0.3, 0.4) is 0 Å². The van der Waals surface area contributed by atoms with Crippen LogP contribution in [0.25, 0.3) is 0 Å². The smallest absolute Gasteiger partial charge is 0.243 e. The highest BCUT2D eigenvalue weighted by atomic mass is 16.2. The number of carbonyl (C=O) groups is 1. The fourth-order valence-electron chi connectivity index (χ4n) is 2.26. The van der Waals surface area contributed by atoms with Crippen molar-refractivity contribution in [3.05, 3.63) is 35.4 Å². The van der Waals surface area contributed by atoms with Crippen molar-refractivity contribution in [2.45, 2.75) is 19.8 Å². The molecule has 0 bridgehead atoms. The Balaban J connectivity index is 1.90. The average Bonchev–Trinajstić information content (AvgIpc) is 3.11. The van der Waals surface area contributed by atoms with E-state index >= 15 is 0 Å². The van der Waals surface area contributed by atoms with Crippen molar-refractivity contribution in [2.75, 3.05) is 0 Å². The first-order chi connectivity index (χ1) is 7.79. The Bertz CT molecular complexity index is 461. The van der Waals surface area contributed by atoms with Gasteiger partial charge in [0, 0.05) is 11.8 Å². The summed E-state index contributed by atoms with van der Waals surface area (Å²) in [6, 6.07) is 8.46. The zero-order valence-electron chi connectivity index (χ0n) is 9.23. The zero-order valence-corrected chi connectivity index (χ0v) is 9.23. The highest BCUT2D eigenvalue weighted by molar-refractivity contribution is 6.09. The van der Waals surface area contributed by atoms with Crippen LogP contribution in [0.5, 0.6) is 0 Å². The Morgan fingerprint density at radius 3 is 2.75 bits per heavy atom. The molecule has 0 aromatic heterocycles. The number of hydrazone groups is 1. The lowest BCUT2D eigenvalue weighted by atomic mass is 10.0. The molecule has 1 aliphatic carbocycles. The molecule has 2 atom stereocenters. The molecule has 1 amide bonds. The van der Waals surface area contributed by atoms with Crippen molar-refractivity contribution in [3.8, 4) is 0 Å². The van der Waals surface area contributed by atoms with Crippen LogP contribution in [0.2, 0.25) is 0 Å². The van der Waals surface area contributed by atoms with Crippen LogP contribution >= 0.6 is 0 Å². The van der Waals surface area contributed by atoms with Gasteiger partial charge in [-0.3, -0.25) is 4.79 Å². The van der Waals surface area contributed by atoms with Gasteiger partial charge in [-0.2, -0.15) is 5.10 Å². The second-order valence-electron chi connectivity index (χ2n) is 4.47. The van der Waals surface area contributed by atoms with Crippen molar-refractivity contribution in [3.63, 3.8) is 0 Å². The highest BCUT2D eigenvalue weighted by Gasteiger charge is 2.49. The SMILES string of the molecule is CCc1ccc(C2=NNC(=O)[C@@H]3C[C@@H]23)cc1. The van der Waals surface area contributed by atoms with Gasteiger partial charge in [-0.25, -0.2) is 5.43 Å². The van der Waals surface area contributed by atoms with Gasteiger partial charge in [-0.1, -0.05) is 31.2 Å². The molecule has 1 N–H and O–H groups in total. The average molecular weight is 214 g/mol. The van der Waals surface area contributed by atoms with E-state index in [1.54, 1.807) is 0 Å². The van der Waals surface area contributed by atoms with Crippen LogP contribution in [0, 0.1) is 11.8 Å². The Labute approximate surface area is 94.6 Å². The zero-order chi connectivity index (χ0) is 11.1. The van der Waals surface area contributed by atoms with Crippen LogP contribution in [0.4, 0.5) is 0 Å². The fourth-order valence-corrected chi connectivity index (χ4v) is 2.26. The number of nitrogens with zero attached hydrogens (tertiary/aromatic N) is 1. The molecule has 1 aliphatic heterocycles. The highest BCUT2D eigenvalue weighted by Crippen LogP contribution is 2.43. The predicted octanol–water partition coefficient (Wildman–Crippen LogP) is 1.72. The van der Waals surface area contributed by atoms with Gasteiger partial charge in [-0.15, -0.1) is 0 Å². The third kappa shape index (κ3) is 1.43. The van der Waals surface area contributed by atoms with Crippen molar-refractivity contribution >= 4 is 11.6 Å². The van der Waals surface area contributed by atoms with E-state index in [1.165, 1.54) is 5.56 Å². The van der Waals surface area contributed by atoms with Crippen LogP contribution < -0.4 is 5.43 Å². The molecule has 0 unspecified atom stereocenters. The van der Waals surface area contributed by atoms with Crippen molar-refractivity contribution in [2.24, 2.45) is 16.9 Å². The number of nitrogens with one attached hydrogen (secondary N) is 1. The summed E-state index contributed by atoms with van der Waals surface area (Å²) in [6.07, 6.45) is 2.01. The standard InChI is InChI=1S/C13H14N2O/c1-2-8-3-5-9(6-4-8)12-10-7-11(10)13(16)15-14-12/h3-6,10-11H,2,7H2,1H3,(H,15,16)/t10-,11-/m1/s1. The van der Waals surface area contributed by atoms with E-state index in [2.05, 4.69) is 41.7 Å². The molecule has 1 fully saturated rings. The van der Waals surface area contributed by atoms with E-state index in [1.807, 2.05) is 0 Å². The number of rotatable bonds is 2. The first-order valence-corrected chi connectivity index (χ1v) is 5.76. The van der Waals surface area contributed by atoms with Gasteiger partial charge in [0.1, 0.15) is 0 Å². The second kappa shape index (κ2) is 3.44. The molecule has 1 aromatic carbocycles. The Kier molecular flexibility index (Phi) is 2.06. The van der Waals surface area contributed by atoms with Crippen molar-refractivity contribution in [1.29, 1.82) is 0 Å². The summed E-state index contributed by atoms with van der Waals surface area (Å²) in [4.78, 5) is 11.3. The molecule has 1 aromatic rings. The van der Waals surface area contributed by atoms with Gasteiger partial charge in [0.25, 0.3) is 0 Å². The monoisotopic (exact) mass is 214 g/mol. The summed E-state index contributed by atoms with van der Waals surface area (Å²) in [5.74, 6) is 0.624. The van der Waals surface area contributed by atoms with Crippen LogP contribution in [0.15, 0.2) is 29.4 Å². The van der Waals surface area contributed by atoms with Crippen LogP contribution in [-0.4, -0.2) is 11.6 Å². The number of carbonyl (C=O) groups excluding carboxylic acids is 1. The lowest BCUT2D eigenvalue weighted by molar-refractivity contribution is -0.122. The minimum absolute atomic E-state index is 0.0823. The lowest BCUT2D eigenvalue weighted by Gasteiger charge is -2.11. The first-order valence-electron chi connectivity index (χ1n) is 5.76. The predicted molar refractivity (Wildman–Crippen MR) is 62.1 cm³/mol. The molecular formula is C13H14N2O. The molecule has 2 aliphatic rings. The van der Waals surface area contributed by atoms with E-state index in [-0.39, 0.29) is 11.8 Å². The van der Waals surface area contributed by atoms with Gasteiger partial charge in [0.05, 0.1) is 5.71 Å². The minimum atomic E-state index is 0.0823. The third-order valence-electron chi connectivity index (χ3n) is 3.42. The molecule has 1 saturated carbocycles. The maximum absolute atomic E-state index is 11.3. The van der Waals surface area contributed by atoms with Crippen molar-refractivity contribution < 1.29 is 4.79 Å². The van der Waals surface area contributed by atoms with E-state index in [0.717, 1.165) is 24.1 Å². The molecule has 16 heavy (non-hydrogen) atoms. The van der Waals surface area contributed by atoms with Gasteiger partial charge >= 0.3 is 0 Å². The van der Waals surface area contributed by atoms with Crippen LogP contribution in [-0.2, 0) is 11.2 Å². The van der Waals surface area contributed by atoms with Gasteiger partial charge in [0.2, 0.25) is 5.91 Å². The molecule has 0 spiro atoms. The minimum Gasteiger partial charge on any atom is -0.273 e. The number of amides is 1. The van der Waals surface area contributed by atoms with Crippen LogP contribution in [0.1, 0.15) is 24.5 Å². The summed E-state index contributed by atoms with van der Waals surface area (Å²) in [7, 11) is 0. The quantitative estimate of drug-likeness (QED) is 0.800. The van der Waals surface area contributed by atoms with Gasteiger partial charge in [0.15, 0.2) is 0 Å². The normalized spacial score (nSPS) is 26.8. The van der Waals surface area contributed by atoms with E-state index < -0.39 is 0 Å². The number of benzene rings is 1. The maximum Gasteiger partial charge on any atom is 0.243 e. The second-order valence-corrected chi connectivity index (χ2v) is 4.47. The molecule has 1 heterocycles. The molecular weight excluding hydrogens is 200 g/mol. The third-order valence-corrected chi connectivity index (χ3v) is 3.42. The summed E-state index contributed by atoms with van der Waals surface area (Å²) in [5.41, 5.74) is 6.12. The van der Waals surface area contributed by atoms with Gasteiger partial charge in [-0.05, 0) is 24.0 Å². The maximum atomic E-state index is 11.3. The Hall–Kier alpha value is -1.64. The lowest BCUT2D eigenvalue weighted by Crippen LogP contribution is -2.28. The van der Waals surface area contributed by atoms with E-state index in [9.17, 15) is 4.79 Å². The summed E-state index contributed by atoms with van der Waals surface area (Å²) < 4.78 is 0. The molecule has 3 heteroatoms. The Morgan fingerprint density at radius 2 is 2.06 bits per heavy atom. The van der Waals surface area contributed by atoms with E-state index in [0.29, 0.717) is 5.92 Å². The summed E-state index contributed by atoms with van der Waals surface area (Å²) in [6.45, 7) is 2.14. The topological polar surface area (TPSA) is 41.5 Å². The van der Waals surface area contributed by atoms with E-state index in [4.69, 9.17) is 0 Å². The molecule has 82 valence electrons. The first kappa shape index (κ1) is 9.58. The van der Waals surface area contributed by atoms with Crippen molar-refractivity contribution in [1.82, 2.24) is 5.43 Å². The molecule has 0 saturated heterocycles. The summed E-state index contributed by atoms with van der Waals surface area (Å²) >= 11 is 0. The summed E-state index contributed by atoms with van der Waals surface area (Å²) in [5, 5.41) is 4.18.